The van der Waals surface area contributed by atoms with Crippen molar-refractivity contribution in [1.29, 1.82) is 0 Å². The number of aromatic nitrogens is 3. The minimum Gasteiger partial charge on any atom is -0.409 e. The predicted octanol–water partition coefficient (Wildman–Crippen LogP) is 1.34. The first-order valence-electron chi connectivity index (χ1n) is 5.35. The number of nitrogens with two attached hydrogens (primary N) is 1. The fraction of sp³-hybridized carbons (Fsp3) is 0.182. The average Bonchev–Trinajstić information content (AvgIpc) is 2.82. The summed E-state index contributed by atoms with van der Waals surface area (Å²) in [4.78, 5) is 0. The molecule has 3 N–H and O–H groups in total. The Kier molecular flexibility index (Phi) is 4.00. The van der Waals surface area contributed by atoms with Crippen molar-refractivity contribution in [2.45, 2.75) is 10.9 Å². The molecule has 0 bridgehead atoms. The van der Waals surface area contributed by atoms with Gasteiger partial charge in [0, 0.05) is 18.4 Å². The number of nitrogens with zero attached hydrogens (tertiary/aromatic N) is 4. The molecule has 0 spiro atoms. The molecule has 1 aromatic heterocycles. The van der Waals surface area contributed by atoms with Gasteiger partial charge in [0.05, 0.1) is 0 Å². The van der Waals surface area contributed by atoms with Crippen molar-refractivity contribution in [2.24, 2.45) is 17.9 Å². The monoisotopic (exact) mass is 281 g/mol. The van der Waals surface area contributed by atoms with Crippen LogP contribution in [0.2, 0.25) is 0 Å². The van der Waals surface area contributed by atoms with Gasteiger partial charge in [0.25, 0.3) is 0 Å². The molecule has 0 unspecified atom stereocenters. The van der Waals surface area contributed by atoms with Crippen LogP contribution < -0.4 is 5.73 Å². The SMILES string of the molecule is Cn1cnnc1SCc1ccc(F)cc1C(N)=NO. The summed E-state index contributed by atoms with van der Waals surface area (Å²) in [6.07, 6.45) is 1.59. The molecule has 0 saturated carbocycles. The third kappa shape index (κ3) is 3.02. The highest BCUT2D eigenvalue weighted by atomic mass is 32.2. The molecule has 100 valence electrons. The zero-order valence-corrected chi connectivity index (χ0v) is 10.9. The highest BCUT2D eigenvalue weighted by Crippen LogP contribution is 2.22. The van der Waals surface area contributed by atoms with Crippen LogP contribution in [0.1, 0.15) is 11.1 Å². The number of rotatable bonds is 4. The van der Waals surface area contributed by atoms with Crippen LogP contribution in [-0.2, 0) is 12.8 Å². The molecule has 19 heavy (non-hydrogen) atoms. The van der Waals surface area contributed by atoms with Gasteiger partial charge >= 0.3 is 0 Å². The number of amidine groups is 1. The van der Waals surface area contributed by atoms with Crippen LogP contribution in [0.4, 0.5) is 4.39 Å². The molecule has 0 aliphatic heterocycles. The number of hydrogen-bond donors (Lipinski definition) is 2. The molecule has 0 fully saturated rings. The fourth-order valence-electron chi connectivity index (χ4n) is 1.51. The summed E-state index contributed by atoms with van der Waals surface area (Å²) < 4.78 is 15.0. The number of aryl methyl sites for hydroxylation is 1. The Morgan fingerprint density at radius 1 is 1.58 bits per heavy atom. The van der Waals surface area contributed by atoms with Crippen LogP contribution in [0.3, 0.4) is 0 Å². The maximum Gasteiger partial charge on any atom is 0.191 e. The zero-order chi connectivity index (χ0) is 13.8. The minimum atomic E-state index is -0.436. The van der Waals surface area contributed by atoms with E-state index < -0.39 is 5.82 Å². The van der Waals surface area contributed by atoms with E-state index in [2.05, 4.69) is 15.4 Å². The van der Waals surface area contributed by atoms with Gasteiger partial charge < -0.3 is 15.5 Å². The Labute approximate surface area is 113 Å². The third-order valence-corrected chi connectivity index (χ3v) is 3.57. The van der Waals surface area contributed by atoms with Gasteiger partial charge in [0.15, 0.2) is 11.0 Å². The van der Waals surface area contributed by atoms with Gasteiger partial charge in [0.2, 0.25) is 0 Å². The minimum absolute atomic E-state index is 0.118. The first-order valence-corrected chi connectivity index (χ1v) is 6.33. The quantitative estimate of drug-likeness (QED) is 0.290. The van der Waals surface area contributed by atoms with E-state index in [9.17, 15) is 4.39 Å². The van der Waals surface area contributed by atoms with E-state index in [1.54, 1.807) is 17.0 Å². The normalized spacial score (nSPS) is 11.8. The summed E-state index contributed by atoms with van der Waals surface area (Å²) in [5.41, 5.74) is 6.66. The molecule has 0 radical (unpaired) electrons. The van der Waals surface area contributed by atoms with E-state index >= 15 is 0 Å². The van der Waals surface area contributed by atoms with E-state index in [4.69, 9.17) is 10.9 Å². The largest absolute Gasteiger partial charge is 0.409 e. The topological polar surface area (TPSA) is 89.3 Å². The molecule has 0 aliphatic carbocycles. The van der Waals surface area contributed by atoms with E-state index in [1.807, 2.05) is 7.05 Å². The van der Waals surface area contributed by atoms with Gasteiger partial charge in [-0.05, 0) is 17.7 Å². The Bertz CT molecular complexity index is 613. The lowest BCUT2D eigenvalue weighted by atomic mass is 10.1. The molecule has 1 heterocycles. The Morgan fingerprint density at radius 3 is 3.00 bits per heavy atom. The Balaban J connectivity index is 2.23. The lowest BCUT2D eigenvalue weighted by Gasteiger charge is -2.07. The fourth-order valence-corrected chi connectivity index (χ4v) is 2.40. The van der Waals surface area contributed by atoms with Crippen molar-refractivity contribution in [3.63, 3.8) is 0 Å². The summed E-state index contributed by atoms with van der Waals surface area (Å²) in [5, 5.41) is 20.0. The van der Waals surface area contributed by atoms with E-state index in [0.717, 1.165) is 10.7 Å². The smallest absolute Gasteiger partial charge is 0.191 e. The molecular formula is C11H12FN5OS. The zero-order valence-electron chi connectivity index (χ0n) is 10.1. The van der Waals surface area contributed by atoms with Gasteiger partial charge in [0.1, 0.15) is 12.1 Å². The maximum absolute atomic E-state index is 13.2. The number of halogens is 1. The second kappa shape index (κ2) is 5.70. The van der Waals surface area contributed by atoms with Gasteiger partial charge in [-0.2, -0.15) is 0 Å². The van der Waals surface area contributed by atoms with Gasteiger partial charge in [-0.1, -0.05) is 23.0 Å². The van der Waals surface area contributed by atoms with Crippen LogP contribution in [0, 0.1) is 5.82 Å². The number of benzene rings is 1. The predicted molar refractivity (Wildman–Crippen MR) is 69.5 cm³/mol. The van der Waals surface area contributed by atoms with Gasteiger partial charge in [-0.25, -0.2) is 4.39 Å². The molecule has 2 aromatic rings. The Morgan fingerprint density at radius 2 is 2.37 bits per heavy atom. The summed E-state index contributed by atoms with van der Waals surface area (Å²) >= 11 is 1.43. The van der Waals surface area contributed by atoms with Gasteiger partial charge in [-0.3, -0.25) is 0 Å². The number of hydrogen-bond acceptors (Lipinski definition) is 5. The molecule has 6 nitrogen and oxygen atoms in total. The first kappa shape index (κ1) is 13.3. The van der Waals surface area contributed by atoms with Crippen molar-refractivity contribution in [3.05, 3.63) is 41.5 Å². The second-order valence-corrected chi connectivity index (χ2v) is 4.74. The molecular weight excluding hydrogens is 269 g/mol. The molecule has 1 aromatic carbocycles. The highest BCUT2D eigenvalue weighted by molar-refractivity contribution is 7.98. The molecule has 0 saturated heterocycles. The molecule has 0 amide bonds. The number of oxime groups is 1. The second-order valence-electron chi connectivity index (χ2n) is 3.80. The summed E-state index contributed by atoms with van der Waals surface area (Å²) in [7, 11) is 1.83. The van der Waals surface area contributed by atoms with Gasteiger partial charge in [-0.15, -0.1) is 10.2 Å². The lowest BCUT2D eigenvalue weighted by Crippen LogP contribution is -2.15. The van der Waals surface area contributed by atoms with Crippen LogP contribution in [0.5, 0.6) is 0 Å². The summed E-state index contributed by atoms with van der Waals surface area (Å²) in [5.74, 6) is -0.0414. The van der Waals surface area contributed by atoms with Crippen molar-refractivity contribution >= 4 is 17.6 Å². The van der Waals surface area contributed by atoms with E-state index in [-0.39, 0.29) is 5.84 Å². The van der Waals surface area contributed by atoms with Crippen molar-refractivity contribution in [1.82, 2.24) is 14.8 Å². The average molecular weight is 281 g/mol. The molecule has 0 aliphatic rings. The van der Waals surface area contributed by atoms with Crippen molar-refractivity contribution in [2.75, 3.05) is 0 Å². The molecule has 0 atom stereocenters. The van der Waals surface area contributed by atoms with Crippen LogP contribution in [-0.4, -0.2) is 25.8 Å². The van der Waals surface area contributed by atoms with E-state index in [1.165, 1.54) is 23.9 Å². The van der Waals surface area contributed by atoms with E-state index in [0.29, 0.717) is 11.3 Å². The molecule has 8 heteroatoms. The van der Waals surface area contributed by atoms with Crippen molar-refractivity contribution in [3.8, 4) is 0 Å². The lowest BCUT2D eigenvalue weighted by molar-refractivity contribution is 0.318. The molecule has 2 rings (SSSR count). The number of thioether (sulfide) groups is 1. The standard InChI is InChI=1S/C11H12FN5OS/c1-17-6-14-15-11(17)19-5-7-2-3-8(12)4-9(7)10(13)16-18/h2-4,6,18H,5H2,1H3,(H2,13,16). The van der Waals surface area contributed by atoms with Crippen LogP contribution in [0.15, 0.2) is 34.8 Å². The van der Waals surface area contributed by atoms with Crippen LogP contribution in [0.25, 0.3) is 0 Å². The van der Waals surface area contributed by atoms with Crippen molar-refractivity contribution < 1.29 is 9.60 Å². The summed E-state index contributed by atoms with van der Waals surface area (Å²) in [6.45, 7) is 0. The highest BCUT2D eigenvalue weighted by Gasteiger charge is 2.10. The maximum atomic E-state index is 13.2. The third-order valence-electron chi connectivity index (χ3n) is 2.48. The Hall–Kier alpha value is -2.09. The first-order chi connectivity index (χ1) is 9.11. The summed E-state index contributed by atoms with van der Waals surface area (Å²) in [6, 6.07) is 4.18. The van der Waals surface area contributed by atoms with Crippen LogP contribution >= 0.6 is 11.8 Å².